The van der Waals surface area contributed by atoms with Crippen molar-refractivity contribution < 1.29 is 14.7 Å². The van der Waals surface area contributed by atoms with Crippen LogP contribution >= 0.6 is 0 Å². The number of carbonyl (C=O) groups is 2. The van der Waals surface area contributed by atoms with Crippen LogP contribution in [0.15, 0.2) is 12.4 Å². The minimum Gasteiger partial charge on any atom is -0.481 e. The number of aromatic nitrogens is 3. The van der Waals surface area contributed by atoms with Gasteiger partial charge in [0, 0.05) is 13.0 Å². The second-order valence-electron chi connectivity index (χ2n) is 3.20. The largest absolute Gasteiger partial charge is 0.481 e. The molecule has 0 aliphatic carbocycles. The van der Waals surface area contributed by atoms with Crippen molar-refractivity contribution in [2.45, 2.75) is 19.3 Å². The quantitative estimate of drug-likeness (QED) is 0.612. The standard InChI is InChI=1S/C9H13N5O3/c15-7(16)3-1-2-4-11-9(17)13-8-10-5-6-12-14-8/h5-6H,1-4H2,(H,15,16)(H2,10,11,13,14,17). The van der Waals surface area contributed by atoms with Crippen LogP contribution in [0.4, 0.5) is 10.7 Å². The van der Waals surface area contributed by atoms with Crippen LogP contribution in [0.3, 0.4) is 0 Å². The van der Waals surface area contributed by atoms with Gasteiger partial charge in [-0.2, -0.15) is 5.10 Å². The summed E-state index contributed by atoms with van der Waals surface area (Å²) < 4.78 is 0. The van der Waals surface area contributed by atoms with E-state index < -0.39 is 12.0 Å². The molecule has 1 rings (SSSR count). The monoisotopic (exact) mass is 239 g/mol. The Balaban J connectivity index is 2.12. The number of amides is 2. The fourth-order valence-electron chi connectivity index (χ4n) is 1.05. The van der Waals surface area contributed by atoms with Crippen LogP contribution in [0.1, 0.15) is 19.3 Å². The second-order valence-corrected chi connectivity index (χ2v) is 3.20. The zero-order chi connectivity index (χ0) is 12.5. The van der Waals surface area contributed by atoms with Gasteiger partial charge in [0.1, 0.15) is 0 Å². The predicted octanol–water partition coefficient (Wildman–Crippen LogP) is 0.248. The van der Waals surface area contributed by atoms with Gasteiger partial charge in [-0.3, -0.25) is 10.1 Å². The molecule has 0 radical (unpaired) electrons. The maximum atomic E-state index is 11.3. The molecule has 0 fully saturated rings. The molecule has 3 N–H and O–H groups in total. The number of hydrogen-bond donors (Lipinski definition) is 3. The van der Waals surface area contributed by atoms with Crippen molar-refractivity contribution >= 4 is 17.9 Å². The van der Waals surface area contributed by atoms with Gasteiger partial charge < -0.3 is 10.4 Å². The fraction of sp³-hybridized carbons (Fsp3) is 0.444. The summed E-state index contributed by atoms with van der Waals surface area (Å²) in [5, 5.41) is 20.5. The number of hydrogen-bond acceptors (Lipinski definition) is 5. The van der Waals surface area contributed by atoms with E-state index in [4.69, 9.17) is 5.11 Å². The number of unbranched alkanes of at least 4 members (excludes halogenated alkanes) is 1. The van der Waals surface area contributed by atoms with Crippen LogP contribution in [0, 0.1) is 0 Å². The number of carboxylic acid groups (broad SMARTS) is 1. The Morgan fingerprint density at radius 3 is 2.76 bits per heavy atom. The van der Waals surface area contributed by atoms with Crippen LogP contribution in [-0.4, -0.2) is 38.8 Å². The molecule has 0 aliphatic heterocycles. The SMILES string of the molecule is O=C(O)CCCCNC(=O)Nc1nccnn1. The molecule has 0 saturated carbocycles. The zero-order valence-electron chi connectivity index (χ0n) is 9.09. The molecule has 0 aliphatic rings. The van der Waals surface area contributed by atoms with E-state index in [1.165, 1.54) is 12.4 Å². The molecule has 0 saturated heterocycles. The van der Waals surface area contributed by atoms with Gasteiger partial charge in [-0.25, -0.2) is 9.78 Å². The van der Waals surface area contributed by atoms with Crippen LogP contribution in [0.2, 0.25) is 0 Å². The first-order chi connectivity index (χ1) is 8.18. The number of nitrogens with zero attached hydrogens (tertiary/aromatic N) is 3. The molecule has 1 aromatic rings. The lowest BCUT2D eigenvalue weighted by Gasteiger charge is -2.04. The van der Waals surface area contributed by atoms with E-state index in [0.29, 0.717) is 19.4 Å². The van der Waals surface area contributed by atoms with Gasteiger partial charge >= 0.3 is 12.0 Å². The van der Waals surface area contributed by atoms with Crippen LogP contribution in [0.25, 0.3) is 0 Å². The van der Waals surface area contributed by atoms with Crippen LogP contribution < -0.4 is 10.6 Å². The third-order valence-electron chi connectivity index (χ3n) is 1.81. The molecule has 8 heteroatoms. The van der Waals surface area contributed by atoms with Crippen molar-refractivity contribution in [1.82, 2.24) is 20.5 Å². The average Bonchev–Trinajstić information content (AvgIpc) is 2.29. The summed E-state index contributed by atoms with van der Waals surface area (Å²) in [7, 11) is 0. The van der Waals surface area contributed by atoms with Crippen molar-refractivity contribution in [3.05, 3.63) is 12.4 Å². The summed E-state index contributed by atoms with van der Waals surface area (Å²) in [5.74, 6) is -0.714. The molecular formula is C9H13N5O3. The minimum atomic E-state index is -0.835. The summed E-state index contributed by atoms with van der Waals surface area (Å²) in [5.41, 5.74) is 0. The van der Waals surface area contributed by atoms with Crippen molar-refractivity contribution in [2.24, 2.45) is 0 Å². The van der Waals surface area contributed by atoms with E-state index in [1.807, 2.05) is 0 Å². The van der Waals surface area contributed by atoms with Crippen molar-refractivity contribution in [2.75, 3.05) is 11.9 Å². The number of aliphatic carboxylic acids is 1. The number of carbonyl (C=O) groups excluding carboxylic acids is 1. The number of anilines is 1. The summed E-state index contributed by atoms with van der Waals surface area (Å²) in [6.45, 7) is 0.402. The molecule has 2 amide bonds. The molecule has 0 spiro atoms. The molecule has 0 aromatic carbocycles. The van der Waals surface area contributed by atoms with E-state index in [9.17, 15) is 9.59 Å². The van der Waals surface area contributed by atoms with Crippen LogP contribution in [0.5, 0.6) is 0 Å². The molecular weight excluding hydrogens is 226 g/mol. The Labute approximate surface area is 97.5 Å². The summed E-state index contributed by atoms with van der Waals surface area (Å²) in [4.78, 5) is 25.2. The number of nitrogens with one attached hydrogen (secondary N) is 2. The van der Waals surface area contributed by atoms with Gasteiger partial charge in [-0.05, 0) is 12.8 Å². The van der Waals surface area contributed by atoms with E-state index in [0.717, 1.165) is 0 Å². The highest BCUT2D eigenvalue weighted by molar-refractivity contribution is 5.87. The lowest BCUT2D eigenvalue weighted by molar-refractivity contribution is -0.137. The maximum Gasteiger partial charge on any atom is 0.321 e. The molecule has 17 heavy (non-hydrogen) atoms. The topological polar surface area (TPSA) is 117 Å². The number of carboxylic acids is 1. The zero-order valence-corrected chi connectivity index (χ0v) is 9.09. The van der Waals surface area contributed by atoms with Crippen molar-refractivity contribution in [1.29, 1.82) is 0 Å². The average molecular weight is 239 g/mol. The first-order valence-electron chi connectivity index (χ1n) is 5.09. The summed E-state index contributed by atoms with van der Waals surface area (Å²) >= 11 is 0. The Hall–Kier alpha value is -2.25. The molecule has 1 heterocycles. The Morgan fingerprint density at radius 1 is 1.29 bits per heavy atom. The molecule has 0 bridgehead atoms. The minimum absolute atomic E-state index is 0.106. The van der Waals surface area contributed by atoms with Gasteiger partial charge in [-0.15, -0.1) is 5.10 Å². The first kappa shape index (κ1) is 12.8. The lowest BCUT2D eigenvalue weighted by atomic mass is 10.2. The van der Waals surface area contributed by atoms with Gasteiger partial charge in [0.05, 0.1) is 12.4 Å². The van der Waals surface area contributed by atoms with E-state index in [2.05, 4.69) is 25.8 Å². The third-order valence-corrected chi connectivity index (χ3v) is 1.81. The van der Waals surface area contributed by atoms with E-state index in [1.54, 1.807) is 0 Å². The second kappa shape index (κ2) is 7.09. The van der Waals surface area contributed by atoms with Crippen LogP contribution in [-0.2, 0) is 4.79 Å². The van der Waals surface area contributed by atoms with Gasteiger partial charge in [0.25, 0.3) is 5.95 Å². The highest BCUT2D eigenvalue weighted by Crippen LogP contribution is 1.94. The Morgan fingerprint density at radius 2 is 2.12 bits per heavy atom. The number of urea groups is 1. The Kier molecular flexibility index (Phi) is 5.35. The van der Waals surface area contributed by atoms with Crippen molar-refractivity contribution in [3.8, 4) is 0 Å². The number of rotatable bonds is 6. The van der Waals surface area contributed by atoms with Gasteiger partial charge in [0.15, 0.2) is 0 Å². The smallest absolute Gasteiger partial charge is 0.321 e. The normalized spacial score (nSPS) is 9.65. The summed E-state index contributed by atoms with van der Waals surface area (Å²) in [6.07, 6.45) is 4.05. The van der Waals surface area contributed by atoms with E-state index in [-0.39, 0.29) is 12.4 Å². The molecule has 8 nitrogen and oxygen atoms in total. The Bertz CT molecular complexity index is 370. The summed E-state index contributed by atoms with van der Waals surface area (Å²) in [6, 6.07) is -0.437. The van der Waals surface area contributed by atoms with Gasteiger partial charge in [0.2, 0.25) is 0 Å². The molecule has 0 atom stereocenters. The third kappa shape index (κ3) is 6.03. The van der Waals surface area contributed by atoms with Gasteiger partial charge in [-0.1, -0.05) is 0 Å². The maximum absolute atomic E-state index is 11.3. The molecule has 0 unspecified atom stereocenters. The molecule has 92 valence electrons. The van der Waals surface area contributed by atoms with Crippen molar-refractivity contribution in [3.63, 3.8) is 0 Å². The highest BCUT2D eigenvalue weighted by Gasteiger charge is 2.03. The highest BCUT2D eigenvalue weighted by atomic mass is 16.4. The fourth-order valence-corrected chi connectivity index (χ4v) is 1.05. The molecule has 1 aromatic heterocycles. The first-order valence-corrected chi connectivity index (χ1v) is 5.09. The predicted molar refractivity (Wildman–Crippen MR) is 58.3 cm³/mol. The lowest BCUT2D eigenvalue weighted by Crippen LogP contribution is -2.30. The van der Waals surface area contributed by atoms with E-state index >= 15 is 0 Å².